The first kappa shape index (κ1) is 19.0. The maximum absolute atomic E-state index is 13.5. The lowest BCUT2D eigenvalue weighted by Crippen LogP contribution is -2.66. The molecule has 0 N–H and O–H groups in total. The van der Waals surface area contributed by atoms with E-state index in [2.05, 4.69) is 30.9 Å². The topological polar surface area (TPSA) is 48.3 Å². The van der Waals surface area contributed by atoms with Gasteiger partial charge in [0.25, 0.3) is 5.91 Å². The van der Waals surface area contributed by atoms with Crippen LogP contribution in [0.4, 0.5) is 0 Å². The first-order valence-electron chi connectivity index (χ1n) is 10.9. The summed E-state index contributed by atoms with van der Waals surface area (Å²) in [5.41, 5.74) is 4.01. The molecular weight excluding hydrogens is 372 g/mol. The summed E-state index contributed by atoms with van der Waals surface area (Å²) in [7, 11) is 0. The molecule has 2 aromatic carbocycles. The Morgan fingerprint density at radius 1 is 1.03 bits per heavy atom. The van der Waals surface area contributed by atoms with E-state index < -0.39 is 0 Å². The Labute approximate surface area is 178 Å². The van der Waals surface area contributed by atoms with Gasteiger partial charge in [-0.1, -0.05) is 48.5 Å². The predicted octanol–water partition coefficient (Wildman–Crippen LogP) is 4.11. The fourth-order valence-corrected chi connectivity index (χ4v) is 4.97. The summed E-state index contributed by atoms with van der Waals surface area (Å²) in [5.74, 6) is 1.62. The van der Waals surface area contributed by atoms with E-state index >= 15 is 0 Å². The monoisotopic (exact) mass is 400 g/mol. The van der Waals surface area contributed by atoms with E-state index in [4.69, 9.17) is 9.98 Å². The largest absolute Gasteiger partial charge is 0.337 e. The molecule has 1 amide bonds. The van der Waals surface area contributed by atoms with Crippen LogP contribution in [0.3, 0.4) is 0 Å². The standard InChI is InChI=1S/C25H28N4O/c1-17-14-18(2)27-25(26-17)29-15-20-12-13-28(16-23(20)29)24(30)22-11-7-6-10-21(22)19-8-4-3-5-9-19/h3-11,17,20,23H,12-16H2,1-2H3. The molecule has 0 aromatic heterocycles. The molecule has 0 spiro atoms. The molecule has 0 bridgehead atoms. The fraction of sp³-hybridized carbons (Fsp3) is 0.400. The number of fused-ring (bicyclic) bond motifs is 1. The summed E-state index contributed by atoms with van der Waals surface area (Å²) in [5, 5.41) is 0. The molecule has 2 fully saturated rings. The number of hydrogen-bond acceptors (Lipinski definition) is 4. The summed E-state index contributed by atoms with van der Waals surface area (Å²) in [6, 6.07) is 18.7. The lowest BCUT2D eigenvalue weighted by atomic mass is 9.82. The molecule has 5 nitrogen and oxygen atoms in total. The van der Waals surface area contributed by atoms with Gasteiger partial charge in [0.1, 0.15) is 0 Å². The minimum absolute atomic E-state index is 0.124. The maximum atomic E-state index is 13.5. The second kappa shape index (κ2) is 7.71. The Bertz CT molecular complexity index is 1010. The highest BCUT2D eigenvalue weighted by molar-refractivity contribution is 6.01. The quantitative estimate of drug-likeness (QED) is 0.762. The number of amides is 1. The van der Waals surface area contributed by atoms with Crippen LogP contribution < -0.4 is 0 Å². The van der Waals surface area contributed by atoms with Crippen LogP contribution in [-0.2, 0) is 0 Å². The Hall–Kier alpha value is -2.95. The summed E-state index contributed by atoms with van der Waals surface area (Å²) >= 11 is 0. The third-order valence-corrected chi connectivity index (χ3v) is 6.56. The van der Waals surface area contributed by atoms with Crippen molar-refractivity contribution in [2.24, 2.45) is 15.9 Å². The van der Waals surface area contributed by atoms with Crippen LogP contribution in [0.5, 0.6) is 0 Å². The van der Waals surface area contributed by atoms with E-state index in [9.17, 15) is 4.79 Å². The lowest BCUT2D eigenvalue weighted by Gasteiger charge is -2.54. The van der Waals surface area contributed by atoms with Gasteiger partial charge in [-0.05, 0) is 37.5 Å². The molecule has 0 aliphatic carbocycles. The molecule has 5 heteroatoms. The highest BCUT2D eigenvalue weighted by atomic mass is 16.2. The third kappa shape index (κ3) is 3.42. The van der Waals surface area contributed by atoms with Gasteiger partial charge in [0.15, 0.2) is 0 Å². The zero-order chi connectivity index (χ0) is 20.7. The van der Waals surface area contributed by atoms with Crippen LogP contribution in [0.1, 0.15) is 37.0 Å². The smallest absolute Gasteiger partial charge is 0.254 e. The Morgan fingerprint density at radius 2 is 1.80 bits per heavy atom. The van der Waals surface area contributed by atoms with E-state index in [1.165, 1.54) is 0 Å². The number of guanidine groups is 1. The van der Waals surface area contributed by atoms with Gasteiger partial charge < -0.3 is 9.80 Å². The number of likely N-dealkylation sites (tertiary alicyclic amines) is 2. The third-order valence-electron chi connectivity index (χ3n) is 6.56. The summed E-state index contributed by atoms with van der Waals surface area (Å²) < 4.78 is 0. The molecule has 3 unspecified atom stereocenters. The Morgan fingerprint density at radius 3 is 2.60 bits per heavy atom. The molecule has 3 aliphatic heterocycles. The predicted molar refractivity (Wildman–Crippen MR) is 121 cm³/mol. The van der Waals surface area contributed by atoms with Crippen LogP contribution in [-0.4, -0.2) is 59.1 Å². The molecule has 5 rings (SSSR count). The van der Waals surface area contributed by atoms with Gasteiger partial charge in [0, 0.05) is 43.2 Å². The molecule has 2 aromatic rings. The average molecular weight is 401 g/mol. The first-order chi connectivity index (χ1) is 14.6. The van der Waals surface area contributed by atoms with E-state index in [0.717, 1.165) is 60.8 Å². The minimum atomic E-state index is 0.124. The van der Waals surface area contributed by atoms with Crippen molar-refractivity contribution in [1.29, 1.82) is 0 Å². The van der Waals surface area contributed by atoms with Crippen LogP contribution in [0.15, 0.2) is 64.6 Å². The Balaban J connectivity index is 1.36. The number of piperidine rings is 1. The van der Waals surface area contributed by atoms with Crippen molar-refractivity contribution in [2.75, 3.05) is 19.6 Å². The fourth-order valence-electron chi connectivity index (χ4n) is 4.97. The maximum Gasteiger partial charge on any atom is 0.254 e. The second-order valence-corrected chi connectivity index (χ2v) is 8.76. The SMILES string of the molecule is CC1=NC(N2CC3CCN(C(=O)c4ccccc4-c4ccccc4)CC32)=NC(C)C1. The van der Waals surface area contributed by atoms with Crippen molar-refractivity contribution in [3.63, 3.8) is 0 Å². The van der Waals surface area contributed by atoms with E-state index in [0.29, 0.717) is 12.0 Å². The van der Waals surface area contributed by atoms with Crippen LogP contribution in [0, 0.1) is 5.92 Å². The molecule has 154 valence electrons. The van der Waals surface area contributed by atoms with Crippen molar-refractivity contribution in [2.45, 2.75) is 38.8 Å². The molecular formula is C25H28N4O. The van der Waals surface area contributed by atoms with Gasteiger partial charge in [-0.3, -0.25) is 4.79 Å². The van der Waals surface area contributed by atoms with E-state index in [-0.39, 0.29) is 11.9 Å². The van der Waals surface area contributed by atoms with Crippen molar-refractivity contribution < 1.29 is 4.79 Å². The summed E-state index contributed by atoms with van der Waals surface area (Å²) in [6.07, 6.45) is 1.98. The van der Waals surface area contributed by atoms with Crippen LogP contribution in [0.2, 0.25) is 0 Å². The van der Waals surface area contributed by atoms with Crippen molar-refractivity contribution in [1.82, 2.24) is 9.80 Å². The van der Waals surface area contributed by atoms with Crippen molar-refractivity contribution in [3.05, 3.63) is 60.2 Å². The number of carbonyl (C=O) groups excluding carboxylic acids is 1. The van der Waals surface area contributed by atoms with E-state index in [1.54, 1.807) is 0 Å². The molecule has 3 atom stereocenters. The molecule has 2 saturated heterocycles. The highest BCUT2D eigenvalue weighted by Crippen LogP contribution is 2.35. The molecule has 30 heavy (non-hydrogen) atoms. The lowest BCUT2D eigenvalue weighted by molar-refractivity contribution is 0.00521. The number of carbonyl (C=O) groups is 1. The summed E-state index contributed by atoms with van der Waals surface area (Å²) in [6.45, 7) is 6.80. The van der Waals surface area contributed by atoms with Gasteiger partial charge in [-0.25, -0.2) is 9.98 Å². The first-order valence-corrected chi connectivity index (χ1v) is 10.9. The zero-order valence-electron chi connectivity index (χ0n) is 17.7. The van der Waals surface area contributed by atoms with Gasteiger partial charge in [0.2, 0.25) is 5.96 Å². The summed E-state index contributed by atoms with van der Waals surface area (Å²) in [4.78, 5) is 27.3. The van der Waals surface area contributed by atoms with Crippen molar-refractivity contribution >= 4 is 17.6 Å². The van der Waals surface area contributed by atoms with Crippen LogP contribution in [0.25, 0.3) is 11.1 Å². The second-order valence-electron chi connectivity index (χ2n) is 8.76. The number of benzene rings is 2. The van der Waals surface area contributed by atoms with Gasteiger partial charge in [0.05, 0.1) is 12.1 Å². The Kier molecular flexibility index (Phi) is 4.89. The number of hydrogen-bond donors (Lipinski definition) is 0. The number of aliphatic imine (C=N–C) groups is 2. The molecule has 0 radical (unpaired) electrons. The van der Waals surface area contributed by atoms with Gasteiger partial charge in [-0.2, -0.15) is 0 Å². The minimum Gasteiger partial charge on any atom is -0.337 e. The molecule has 3 aliphatic rings. The van der Waals surface area contributed by atoms with Crippen molar-refractivity contribution in [3.8, 4) is 11.1 Å². The van der Waals surface area contributed by atoms with Gasteiger partial charge >= 0.3 is 0 Å². The van der Waals surface area contributed by atoms with Gasteiger partial charge in [-0.15, -0.1) is 0 Å². The number of nitrogens with zero attached hydrogens (tertiary/aromatic N) is 4. The molecule has 3 heterocycles. The van der Waals surface area contributed by atoms with E-state index in [1.807, 2.05) is 47.4 Å². The normalized spacial score (nSPS) is 25.7. The molecule has 0 saturated carbocycles. The zero-order valence-corrected chi connectivity index (χ0v) is 17.7. The average Bonchev–Trinajstić information content (AvgIpc) is 2.74. The number of rotatable bonds is 2. The van der Waals surface area contributed by atoms with Crippen LogP contribution >= 0.6 is 0 Å². The highest BCUT2D eigenvalue weighted by Gasteiger charge is 2.45.